The highest BCUT2D eigenvalue weighted by atomic mass is 19.1. The lowest BCUT2D eigenvalue weighted by Gasteiger charge is -2.17. The fraction of sp³-hybridized carbons (Fsp3) is 0.250. The maximum Gasteiger partial charge on any atom is 0.125 e. The number of ether oxygens (including phenoxy) is 1. The van der Waals surface area contributed by atoms with Crippen molar-refractivity contribution in [3.8, 4) is 5.75 Å². The highest BCUT2D eigenvalue weighted by Crippen LogP contribution is 2.32. The lowest BCUT2D eigenvalue weighted by atomic mass is 9.95. The van der Waals surface area contributed by atoms with Gasteiger partial charge in [0.1, 0.15) is 17.7 Å². The van der Waals surface area contributed by atoms with Crippen molar-refractivity contribution < 1.29 is 14.2 Å². The smallest absolute Gasteiger partial charge is 0.125 e. The summed E-state index contributed by atoms with van der Waals surface area (Å²) in [6.45, 7) is 3.79. The van der Waals surface area contributed by atoms with Crippen LogP contribution in [0.25, 0.3) is 0 Å². The van der Waals surface area contributed by atoms with E-state index in [2.05, 4.69) is 0 Å². The minimum Gasteiger partial charge on any atom is -0.496 e. The summed E-state index contributed by atoms with van der Waals surface area (Å²) in [4.78, 5) is 0. The summed E-state index contributed by atoms with van der Waals surface area (Å²) >= 11 is 0. The summed E-state index contributed by atoms with van der Waals surface area (Å²) in [5, 5.41) is 10.5. The van der Waals surface area contributed by atoms with E-state index >= 15 is 0 Å². The van der Waals surface area contributed by atoms with E-state index in [0.717, 1.165) is 11.1 Å². The number of methoxy groups -OCH3 is 1. The Hall–Kier alpha value is -1.87. The van der Waals surface area contributed by atoms with Gasteiger partial charge in [-0.1, -0.05) is 17.7 Å². The molecule has 0 aliphatic carbocycles. The molecular formula is C16H17FO2. The summed E-state index contributed by atoms with van der Waals surface area (Å²) in [6.07, 6.45) is -0.898. The van der Waals surface area contributed by atoms with Crippen molar-refractivity contribution in [2.45, 2.75) is 20.0 Å². The third kappa shape index (κ3) is 2.76. The molecule has 0 radical (unpaired) electrons. The van der Waals surface area contributed by atoms with E-state index in [1.807, 2.05) is 32.0 Å². The van der Waals surface area contributed by atoms with Crippen LogP contribution in [0, 0.1) is 19.7 Å². The predicted molar refractivity (Wildman–Crippen MR) is 72.9 cm³/mol. The summed E-state index contributed by atoms with van der Waals surface area (Å²) in [5.41, 5.74) is 3.07. The van der Waals surface area contributed by atoms with Gasteiger partial charge in [-0.05, 0) is 49.2 Å². The van der Waals surface area contributed by atoms with Gasteiger partial charge in [0, 0.05) is 5.56 Å². The van der Waals surface area contributed by atoms with Crippen LogP contribution in [-0.4, -0.2) is 12.2 Å². The average Bonchev–Trinajstić information content (AvgIpc) is 2.40. The Labute approximate surface area is 112 Å². The van der Waals surface area contributed by atoms with Crippen molar-refractivity contribution in [3.05, 3.63) is 64.5 Å². The van der Waals surface area contributed by atoms with E-state index in [4.69, 9.17) is 4.74 Å². The molecule has 0 heterocycles. The van der Waals surface area contributed by atoms with Crippen LogP contribution in [0.1, 0.15) is 28.4 Å². The van der Waals surface area contributed by atoms with Crippen LogP contribution in [-0.2, 0) is 0 Å². The number of hydrogen-bond acceptors (Lipinski definition) is 2. The van der Waals surface area contributed by atoms with Gasteiger partial charge in [-0.2, -0.15) is 0 Å². The molecular weight excluding hydrogens is 243 g/mol. The lowest BCUT2D eigenvalue weighted by molar-refractivity contribution is 0.213. The van der Waals surface area contributed by atoms with Crippen LogP contribution in [0.15, 0.2) is 36.4 Å². The van der Waals surface area contributed by atoms with Crippen LogP contribution in [0.3, 0.4) is 0 Å². The first kappa shape index (κ1) is 13.6. The Bertz CT molecular complexity index is 593. The zero-order chi connectivity index (χ0) is 14.0. The molecule has 2 nitrogen and oxygen atoms in total. The second-order valence-electron chi connectivity index (χ2n) is 4.65. The van der Waals surface area contributed by atoms with E-state index in [9.17, 15) is 9.50 Å². The fourth-order valence-corrected chi connectivity index (χ4v) is 2.14. The number of rotatable bonds is 3. The molecule has 2 aromatic rings. The van der Waals surface area contributed by atoms with E-state index in [1.54, 1.807) is 13.2 Å². The second-order valence-corrected chi connectivity index (χ2v) is 4.65. The van der Waals surface area contributed by atoms with E-state index in [0.29, 0.717) is 16.9 Å². The molecule has 2 aromatic carbocycles. The maximum atomic E-state index is 13.3. The minimum absolute atomic E-state index is 0.355. The fourth-order valence-electron chi connectivity index (χ4n) is 2.14. The SMILES string of the molecule is COc1ccc(C)cc1C(O)c1cc(F)ccc1C. The van der Waals surface area contributed by atoms with Crippen molar-refractivity contribution in [3.63, 3.8) is 0 Å². The highest BCUT2D eigenvalue weighted by molar-refractivity contribution is 5.44. The molecule has 0 spiro atoms. The molecule has 19 heavy (non-hydrogen) atoms. The van der Waals surface area contributed by atoms with Gasteiger partial charge in [-0.3, -0.25) is 0 Å². The number of aliphatic hydroxyl groups excluding tert-OH is 1. The molecule has 100 valence electrons. The Kier molecular flexibility index (Phi) is 3.86. The summed E-state index contributed by atoms with van der Waals surface area (Å²) in [6, 6.07) is 9.99. The van der Waals surface area contributed by atoms with Crippen molar-refractivity contribution >= 4 is 0 Å². The Morgan fingerprint density at radius 2 is 1.79 bits per heavy atom. The van der Waals surface area contributed by atoms with Gasteiger partial charge < -0.3 is 9.84 Å². The Morgan fingerprint density at radius 1 is 1.05 bits per heavy atom. The minimum atomic E-state index is -0.898. The average molecular weight is 260 g/mol. The topological polar surface area (TPSA) is 29.5 Å². The van der Waals surface area contributed by atoms with Gasteiger partial charge in [0.2, 0.25) is 0 Å². The first-order chi connectivity index (χ1) is 9.02. The molecule has 2 rings (SSSR count). The van der Waals surface area contributed by atoms with Gasteiger partial charge in [0.25, 0.3) is 0 Å². The largest absolute Gasteiger partial charge is 0.496 e. The zero-order valence-electron chi connectivity index (χ0n) is 11.3. The monoisotopic (exact) mass is 260 g/mol. The molecule has 0 aliphatic heterocycles. The number of halogens is 1. The highest BCUT2D eigenvalue weighted by Gasteiger charge is 2.18. The lowest BCUT2D eigenvalue weighted by Crippen LogP contribution is -2.05. The molecule has 1 atom stereocenters. The van der Waals surface area contributed by atoms with Crippen LogP contribution in [0.5, 0.6) is 5.75 Å². The molecule has 3 heteroatoms. The Balaban J connectivity index is 2.51. The molecule has 0 saturated heterocycles. The number of aliphatic hydroxyl groups is 1. The normalized spacial score (nSPS) is 12.3. The first-order valence-electron chi connectivity index (χ1n) is 6.11. The number of benzene rings is 2. The van der Waals surface area contributed by atoms with Crippen LogP contribution < -0.4 is 4.74 Å². The predicted octanol–water partition coefficient (Wildman–Crippen LogP) is 3.53. The van der Waals surface area contributed by atoms with E-state index in [-0.39, 0.29) is 5.82 Å². The summed E-state index contributed by atoms with van der Waals surface area (Å²) in [7, 11) is 1.55. The van der Waals surface area contributed by atoms with Crippen molar-refractivity contribution in [1.82, 2.24) is 0 Å². The van der Waals surface area contributed by atoms with Crippen LogP contribution >= 0.6 is 0 Å². The molecule has 1 unspecified atom stereocenters. The van der Waals surface area contributed by atoms with Gasteiger partial charge in [0.15, 0.2) is 0 Å². The molecule has 0 aliphatic rings. The quantitative estimate of drug-likeness (QED) is 0.914. The number of hydrogen-bond donors (Lipinski definition) is 1. The zero-order valence-corrected chi connectivity index (χ0v) is 11.3. The summed E-state index contributed by atoms with van der Waals surface area (Å²) < 4.78 is 18.6. The molecule has 0 aromatic heterocycles. The number of aryl methyl sites for hydroxylation is 2. The van der Waals surface area contributed by atoms with Crippen molar-refractivity contribution in [2.75, 3.05) is 7.11 Å². The van der Waals surface area contributed by atoms with Gasteiger partial charge in [-0.15, -0.1) is 0 Å². The molecule has 0 fully saturated rings. The van der Waals surface area contributed by atoms with Crippen LogP contribution in [0.2, 0.25) is 0 Å². The van der Waals surface area contributed by atoms with Crippen molar-refractivity contribution in [2.24, 2.45) is 0 Å². The van der Waals surface area contributed by atoms with E-state index < -0.39 is 6.10 Å². The summed E-state index contributed by atoms with van der Waals surface area (Å²) in [5.74, 6) is 0.244. The molecule has 1 N–H and O–H groups in total. The van der Waals surface area contributed by atoms with Gasteiger partial charge in [0.05, 0.1) is 7.11 Å². The molecule has 0 bridgehead atoms. The third-order valence-electron chi connectivity index (χ3n) is 3.22. The van der Waals surface area contributed by atoms with Crippen LogP contribution in [0.4, 0.5) is 4.39 Å². The Morgan fingerprint density at radius 3 is 2.47 bits per heavy atom. The second kappa shape index (κ2) is 5.41. The maximum absolute atomic E-state index is 13.3. The molecule has 0 saturated carbocycles. The van der Waals surface area contributed by atoms with Gasteiger partial charge >= 0.3 is 0 Å². The third-order valence-corrected chi connectivity index (χ3v) is 3.22. The molecule has 0 amide bonds. The standard InChI is InChI=1S/C16H17FO2/c1-10-4-7-15(19-3)14(8-10)16(18)13-9-12(17)6-5-11(13)2/h4-9,16,18H,1-3H3. The van der Waals surface area contributed by atoms with E-state index in [1.165, 1.54) is 12.1 Å². The first-order valence-corrected chi connectivity index (χ1v) is 6.11. The van der Waals surface area contributed by atoms with Gasteiger partial charge in [-0.25, -0.2) is 4.39 Å². The van der Waals surface area contributed by atoms with Crippen molar-refractivity contribution in [1.29, 1.82) is 0 Å².